The van der Waals surface area contributed by atoms with Crippen LogP contribution in [0.4, 0.5) is 5.69 Å². The lowest BCUT2D eigenvalue weighted by molar-refractivity contribution is -0.112. The van der Waals surface area contributed by atoms with Gasteiger partial charge in [0.15, 0.2) is 0 Å². The highest BCUT2D eigenvalue weighted by Gasteiger charge is 2.14. The van der Waals surface area contributed by atoms with Gasteiger partial charge in [0.25, 0.3) is 5.91 Å². The van der Waals surface area contributed by atoms with E-state index in [1.807, 2.05) is 42.5 Å². The number of carbonyl (C=O) groups excluding carboxylic acids is 1. The molecule has 0 saturated heterocycles. The highest BCUT2D eigenvalue weighted by molar-refractivity contribution is 14.1. The number of rotatable bonds is 6. The minimum absolute atomic E-state index is 0.0672. The fourth-order valence-corrected chi connectivity index (χ4v) is 5.24. The van der Waals surface area contributed by atoms with E-state index in [0.29, 0.717) is 27.9 Å². The molecule has 3 aromatic carbocycles. The standard InChI is InChI=1S/C23H13Cl3I2N2O2/c24-16-6-4-13(5-7-16)12-32-22-18(27)9-14(10-19(22)28)8-15(11-29)23(31)30-20-3-1-2-17(25)21(20)26/h1-10H,12H2,(H,30,31)/b15-8-. The second kappa shape index (κ2) is 11.6. The largest absolute Gasteiger partial charge is 0.487 e. The van der Waals surface area contributed by atoms with E-state index in [9.17, 15) is 10.1 Å². The Kier molecular flexibility index (Phi) is 9.08. The number of halogens is 5. The smallest absolute Gasteiger partial charge is 0.266 e. The Morgan fingerprint density at radius 2 is 1.72 bits per heavy atom. The van der Waals surface area contributed by atoms with E-state index in [1.54, 1.807) is 18.2 Å². The van der Waals surface area contributed by atoms with Gasteiger partial charge in [-0.05, 0) is 98.8 Å². The van der Waals surface area contributed by atoms with E-state index in [1.165, 1.54) is 6.08 Å². The first-order valence-electron chi connectivity index (χ1n) is 9.02. The SMILES string of the molecule is N#C/C(=C/c1cc(I)c(OCc2ccc(Cl)cc2)c(I)c1)C(=O)Nc1cccc(Cl)c1Cl. The quantitative estimate of drug-likeness (QED) is 0.161. The Morgan fingerprint density at radius 3 is 2.34 bits per heavy atom. The van der Waals surface area contributed by atoms with Crippen molar-refractivity contribution in [1.29, 1.82) is 5.26 Å². The molecule has 0 aliphatic carbocycles. The van der Waals surface area contributed by atoms with E-state index >= 15 is 0 Å². The van der Waals surface area contributed by atoms with Crippen LogP contribution in [0, 0.1) is 18.5 Å². The van der Waals surface area contributed by atoms with Crippen LogP contribution in [-0.4, -0.2) is 5.91 Å². The lowest BCUT2D eigenvalue weighted by Gasteiger charge is -2.12. The van der Waals surface area contributed by atoms with Crippen LogP contribution in [0.5, 0.6) is 5.75 Å². The van der Waals surface area contributed by atoms with E-state index in [-0.39, 0.29) is 10.6 Å². The van der Waals surface area contributed by atoms with Gasteiger partial charge in [0.05, 0.1) is 22.9 Å². The summed E-state index contributed by atoms with van der Waals surface area (Å²) in [4.78, 5) is 12.6. The molecule has 32 heavy (non-hydrogen) atoms. The minimum Gasteiger partial charge on any atom is -0.487 e. The van der Waals surface area contributed by atoms with Gasteiger partial charge in [-0.1, -0.05) is 53.0 Å². The number of nitriles is 1. The lowest BCUT2D eigenvalue weighted by atomic mass is 10.1. The maximum atomic E-state index is 12.6. The average Bonchev–Trinajstić information content (AvgIpc) is 2.76. The molecule has 1 amide bonds. The minimum atomic E-state index is -0.579. The Labute approximate surface area is 227 Å². The third kappa shape index (κ3) is 6.51. The van der Waals surface area contributed by atoms with E-state index in [4.69, 9.17) is 39.5 Å². The molecule has 0 aromatic heterocycles. The molecule has 0 heterocycles. The fraction of sp³-hybridized carbons (Fsp3) is 0.0435. The third-order valence-corrected chi connectivity index (χ3v) is 6.87. The van der Waals surface area contributed by atoms with Gasteiger partial charge in [-0.15, -0.1) is 0 Å². The number of nitrogens with one attached hydrogen (secondary N) is 1. The zero-order valence-corrected chi connectivity index (χ0v) is 22.7. The van der Waals surface area contributed by atoms with Crippen molar-refractivity contribution in [2.75, 3.05) is 5.32 Å². The zero-order chi connectivity index (χ0) is 23.3. The second-order valence-corrected chi connectivity index (χ2v) is 10.0. The van der Waals surface area contributed by atoms with Gasteiger partial charge in [-0.3, -0.25) is 4.79 Å². The molecule has 1 N–H and O–H groups in total. The van der Waals surface area contributed by atoms with Gasteiger partial charge >= 0.3 is 0 Å². The molecule has 0 unspecified atom stereocenters. The maximum absolute atomic E-state index is 12.6. The van der Waals surface area contributed by atoms with Crippen molar-refractivity contribution >= 4 is 97.7 Å². The third-order valence-electron chi connectivity index (χ3n) is 4.19. The van der Waals surface area contributed by atoms with Gasteiger partial charge in [-0.2, -0.15) is 5.26 Å². The van der Waals surface area contributed by atoms with Crippen molar-refractivity contribution in [3.8, 4) is 11.8 Å². The van der Waals surface area contributed by atoms with Gasteiger partial charge < -0.3 is 10.1 Å². The van der Waals surface area contributed by atoms with E-state index in [0.717, 1.165) is 18.5 Å². The van der Waals surface area contributed by atoms with Gasteiger partial charge in [0.2, 0.25) is 0 Å². The maximum Gasteiger partial charge on any atom is 0.266 e. The zero-order valence-electron chi connectivity index (χ0n) is 16.1. The molecule has 3 aromatic rings. The molecule has 0 aliphatic heterocycles. The number of ether oxygens (including phenoxy) is 1. The van der Waals surface area contributed by atoms with Gasteiger partial charge in [-0.25, -0.2) is 0 Å². The molecule has 9 heteroatoms. The lowest BCUT2D eigenvalue weighted by Crippen LogP contribution is -2.13. The van der Waals surface area contributed by atoms with Crippen LogP contribution >= 0.6 is 80.0 Å². The molecular weight excluding hydrogens is 696 g/mol. The molecule has 0 bridgehead atoms. The summed E-state index contributed by atoms with van der Waals surface area (Å²) in [7, 11) is 0. The van der Waals surface area contributed by atoms with Crippen molar-refractivity contribution in [1.82, 2.24) is 0 Å². The monoisotopic (exact) mass is 708 g/mol. The first kappa shape index (κ1) is 25.1. The highest BCUT2D eigenvalue weighted by Crippen LogP contribution is 2.32. The number of hydrogen-bond acceptors (Lipinski definition) is 3. The Balaban J connectivity index is 1.78. The molecule has 0 saturated carbocycles. The fourth-order valence-electron chi connectivity index (χ4n) is 2.64. The Hall–Kier alpha value is -1.51. The van der Waals surface area contributed by atoms with E-state index in [2.05, 4.69) is 50.5 Å². The van der Waals surface area contributed by atoms with Gasteiger partial charge in [0, 0.05) is 5.02 Å². The molecule has 0 fully saturated rings. The molecule has 162 valence electrons. The summed E-state index contributed by atoms with van der Waals surface area (Å²) < 4.78 is 7.68. The summed E-state index contributed by atoms with van der Waals surface area (Å²) in [5, 5.41) is 13.3. The predicted octanol–water partition coefficient (Wildman–Crippen LogP) is 7.98. The molecule has 0 spiro atoms. The predicted molar refractivity (Wildman–Crippen MR) is 146 cm³/mol. The topological polar surface area (TPSA) is 62.1 Å². The van der Waals surface area contributed by atoms with Crippen LogP contribution in [0.25, 0.3) is 6.08 Å². The Morgan fingerprint density at radius 1 is 1.06 bits per heavy atom. The first-order valence-corrected chi connectivity index (χ1v) is 12.3. The second-order valence-electron chi connectivity index (χ2n) is 6.45. The van der Waals surface area contributed by atoms with Crippen LogP contribution in [0.3, 0.4) is 0 Å². The van der Waals surface area contributed by atoms with Gasteiger partial charge in [0.1, 0.15) is 24.0 Å². The van der Waals surface area contributed by atoms with Crippen molar-refractivity contribution in [2.45, 2.75) is 6.61 Å². The molecule has 3 rings (SSSR count). The van der Waals surface area contributed by atoms with Crippen LogP contribution < -0.4 is 10.1 Å². The first-order chi connectivity index (χ1) is 15.3. The average molecular weight is 710 g/mol. The van der Waals surface area contributed by atoms with E-state index < -0.39 is 5.91 Å². The summed E-state index contributed by atoms with van der Waals surface area (Å²) >= 11 is 22.3. The summed E-state index contributed by atoms with van der Waals surface area (Å²) in [6, 6.07) is 17.9. The normalized spacial score (nSPS) is 11.1. The van der Waals surface area contributed by atoms with Crippen LogP contribution in [0.15, 0.2) is 60.2 Å². The Bertz CT molecular complexity index is 1220. The molecule has 0 aliphatic rings. The van der Waals surface area contributed by atoms with Crippen molar-refractivity contribution in [3.05, 3.63) is 93.5 Å². The summed E-state index contributed by atoms with van der Waals surface area (Å²) in [5.74, 6) is 0.150. The molecule has 0 atom stereocenters. The number of benzene rings is 3. The summed E-state index contributed by atoms with van der Waals surface area (Å²) in [6.45, 7) is 0.393. The number of anilines is 1. The van der Waals surface area contributed by atoms with Crippen LogP contribution in [0.1, 0.15) is 11.1 Å². The number of carbonyl (C=O) groups is 1. The summed E-state index contributed by atoms with van der Waals surface area (Å²) in [5.41, 5.74) is 1.96. The van der Waals surface area contributed by atoms with Crippen LogP contribution in [0.2, 0.25) is 15.1 Å². The number of nitrogens with zero attached hydrogens (tertiary/aromatic N) is 1. The van der Waals surface area contributed by atoms with Crippen LogP contribution in [-0.2, 0) is 11.4 Å². The summed E-state index contributed by atoms with van der Waals surface area (Å²) in [6.07, 6.45) is 1.51. The molecule has 4 nitrogen and oxygen atoms in total. The van der Waals surface area contributed by atoms with Crippen molar-refractivity contribution in [2.24, 2.45) is 0 Å². The van der Waals surface area contributed by atoms with Crippen molar-refractivity contribution in [3.63, 3.8) is 0 Å². The number of amides is 1. The molecular formula is C23H13Cl3I2N2O2. The molecule has 0 radical (unpaired) electrons. The number of hydrogen-bond donors (Lipinski definition) is 1. The highest BCUT2D eigenvalue weighted by atomic mass is 127. The van der Waals surface area contributed by atoms with Crippen molar-refractivity contribution < 1.29 is 9.53 Å².